The normalized spacial score (nSPS) is 31.9. The Kier molecular flexibility index (Phi) is 5.98. The lowest BCUT2D eigenvalue weighted by molar-refractivity contribution is -0.0438. The van der Waals surface area contributed by atoms with Crippen LogP contribution in [0.25, 0.3) is 0 Å². The third kappa shape index (κ3) is 3.47. The predicted octanol–water partition coefficient (Wildman–Crippen LogP) is 7.72. The van der Waals surface area contributed by atoms with E-state index < -0.39 is 0 Å². The number of benzene rings is 1. The molecule has 2 heteroatoms. The highest BCUT2D eigenvalue weighted by molar-refractivity contribution is 5.57. The van der Waals surface area contributed by atoms with Gasteiger partial charge in [-0.3, -0.25) is 4.90 Å². The van der Waals surface area contributed by atoms with E-state index in [9.17, 15) is 0 Å². The first-order valence-corrected chi connectivity index (χ1v) is 13.7. The number of hydrogen-bond donors (Lipinski definition) is 0. The van der Waals surface area contributed by atoms with Gasteiger partial charge in [0.15, 0.2) is 0 Å². The first-order chi connectivity index (χ1) is 15.4. The molecule has 2 saturated carbocycles. The van der Waals surface area contributed by atoms with Crippen LogP contribution in [-0.2, 0) is 0 Å². The Labute approximate surface area is 197 Å². The molecule has 1 aromatic rings. The smallest absolute Gasteiger partial charge is 0.0886 e. The number of anilines is 1. The summed E-state index contributed by atoms with van der Waals surface area (Å²) in [5.41, 5.74) is 3.31. The van der Waals surface area contributed by atoms with Gasteiger partial charge in [-0.05, 0) is 68.4 Å². The molecular formula is C30H46N2. The van der Waals surface area contributed by atoms with Crippen LogP contribution in [0, 0.1) is 24.2 Å². The van der Waals surface area contributed by atoms with Crippen molar-refractivity contribution in [3.8, 4) is 0 Å². The van der Waals surface area contributed by atoms with Crippen molar-refractivity contribution < 1.29 is 0 Å². The number of aryl methyl sites for hydroxylation is 1. The average Bonchev–Trinajstić information content (AvgIpc) is 3.32. The van der Waals surface area contributed by atoms with E-state index in [0.717, 1.165) is 11.8 Å². The summed E-state index contributed by atoms with van der Waals surface area (Å²) in [7, 11) is 0. The molecule has 4 aliphatic rings. The summed E-state index contributed by atoms with van der Waals surface area (Å²) < 4.78 is 0. The van der Waals surface area contributed by atoms with Crippen molar-refractivity contribution in [1.29, 1.82) is 0 Å². The first-order valence-electron chi connectivity index (χ1n) is 13.7. The van der Waals surface area contributed by atoms with Crippen LogP contribution in [0.4, 0.5) is 5.69 Å². The van der Waals surface area contributed by atoms with Crippen LogP contribution < -0.4 is 4.90 Å². The van der Waals surface area contributed by atoms with Gasteiger partial charge in [0.1, 0.15) is 0 Å². The molecule has 176 valence electrons. The van der Waals surface area contributed by atoms with Gasteiger partial charge in [-0.15, -0.1) is 0 Å². The van der Waals surface area contributed by atoms with Crippen LogP contribution in [-0.4, -0.2) is 28.7 Å². The zero-order valence-corrected chi connectivity index (χ0v) is 21.3. The van der Waals surface area contributed by atoms with Gasteiger partial charge in [0, 0.05) is 17.3 Å². The average molecular weight is 435 g/mol. The topological polar surface area (TPSA) is 6.48 Å². The van der Waals surface area contributed by atoms with Crippen LogP contribution >= 0.6 is 0 Å². The highest BCUT2D eigenvalue weighted by Crippen LogP contribution is 2.57. The lowest BCUT2D eigenvalue weighted by Crippen LogP contribution is -2.63. The van der Waals surface area contributed by atoms with Crippen LogP contribution in [0.3, 0.4) is 0 Å². The summed E-state index contributed by atoms with van der Waals surface area (Å²) in [6.07, 6.45) is 20.2. The minimum atomic E-state index is 0.186. The van der Waals surface area contributed by atoms with Crippen molar-refractivity contribution >= 4 is 5.69 Å². The molecule has 2 heterocycles. The van der Waals surface area contributed by atoms with Gasteiger partial charge in [-0.1, -0.05) is 89.6 Å². The molecule has 0 radical (unpaired) electrons. The summed E-state index contributed by atoms with van der Waals surface area (Å²) in [4.78, 5) is 5.92. The van der Waals surface area contributed by atoms with Gasteiger partial charge < -0.3 is 4.90 Å². The third-order valence-corrected chi connectivity index (χ3v) is 9.48. The Morgan fingerprint density at radius 2 is 1.41 bits per heavy atom. The van der Waals surface area contributed by atoms with Gasteiger partial charge >= 0.3 is 0 Å². The molecule has 2 aliphatic heterocycles. The Bertz CT molecular complexity index is 803. The molecule has 1 saturated heterocycles. The number of para-hydroxylation sites is 1. The van der Waals surface area contributed by atoms with E-state index in [0.29, 0.717) is 18.2 Å². The van der Waals surface area contributed by atoms with E-state index in [1.165, 1.54) is 75.5 Å². The quantitative estimate of drug-likeness (QED) is 0.449. The Morgan fingerprint density at radius 1 is 0.844 bits per heavy atom. The number of fused-ring (bicyclic) bond motifs is 1. The van der Waals surface area contributed by atoms with Gasteiger partial charge in [0.05, 0.1) is 12.2 Å². The van der Waals surface area contributed by atoms with Crippen molar-refractivity contribution in [3.05, 3.63) is 42.0 Å². The zero-order valence-electron chi connectivity index (χ0n) is 21.3. The molecule has 3 atom stereocenters. The zero-order chi connectivity index (χ0) is 22.5. The maximum absolute atomic E-state index is 3.09. The molecule has 0 N–H and O–H groups in total. The maximum atomic E-state index is 3.09. The second-order valence-electron chi connectivity index (χ2n) is 12.5. The van der Waals surface area contributed by atoms with Crippen LogP contribution in [0.2, 0.25) is 0 Å². The standard InChI is InChI=1S/C30H46N2/c1-22-14-12-13-19-26(22)31-23(2)27-20-21-30(24-15-8-6-9-16-24,25-17-10-7-11-18-25)32(27)28(31)29(3,4)5/h12-14,19-21,23-25,27-28H,6-11,15-18H2,1-5H3/t23-,27?,28?/m0/s1. The monoisotopic (exact) mass is 434 g/mol. The lowest BCUT2D eigenvalue weighted by atomic mass is 9.63. The van der Waals surface area contributed by atoms with Crippen molar-refractivity contribution in [3.63, 3.8) is 0 Å². The second kappa shape index (κ2) is 8.49. The van der Waals surface area contributed by atoms with Crippen molar-refractivity contribution in [2.45, 2.75) is 123 Å². The highest BCUT2D eigenvalue weighted by Gasteiger charge is 2.62. The fourth-order valence-electron chi connectivity index (χ4n) is 8.18. The van der Waals surface area contributed by atoms with E-state index in [1.807, 2.05) is 0 Å². The molecule has 2 unspecified atom stereocenters. The molecule has 0 aromatic heterocycles. The molecule has 0 bridgehead atoms. The number of hydrogen-bond acceptors (Lipinski definition) is 2. The largest absolute Gasteiger partial charge is 0.350 e. The minimum absolute atomic E-state index is 0.186. The summed E-state index contributed by atoms with van der Waals surface area (Å²) in [5, 5.41) is 0. The van der Waals surface area contributed by atoms with Crippen LogP contribution in [0.5, 0.6) is 0 Å². The molecule has 0 spiro atoms. The van der Waals surface area contributed by atoms with Gasteiger partial charge in [0.2, 0.25) is 0 Å². The Balaban J connectivity index is 1.64. The van der Waals surface area contributed by atoms with Crippen molar-refractivity contribution in [2.75, 3.05) is 4.90 Å². The van der Waals surface area contributed by atoms with Crippen LogP contribution in [0.1, 0.15) is 97.5 Å². The highest BCUT2D eigenvalue weighted by atomic mass is 15.5. The molecule has 2 aliphatic carbocycles. The first kappa shape index (κ1) is 22.5. The number of nitrogens with zero attached hydrogens (tertiary/aromatic N) is 2. The molecule has 5 rings (SSSR count). The van der Waals surface area contributed by atoms with Gasteiger partial charge in [-0.25, -0.2) is 0 Å². The molecule has 2 nitrogen and oxygen atoms in total. The van der Waals surface area contributed by atoms with Crippen molar-refractivity contribution in [1.82, 2.24) is 4.90 Å². The summed E-state index contributed by atoms with van der Waals surface area (Å²) >= 11 is 0. The number of rotatable bonds is 3. The predicted molar refractivity (Wildman–Crippen MR) is 137 cm³/mol. The second-order valence-corrected chi connectivity index (χ2v) is 12.5. The molecule has 3 fully saturated rings. The maximum Gasteiger partial charge on any atom is 0.0886 e. The molecule has 1 aromatic carbocycles. The van der Waals surface area contributed by atoms with E-state index in [4.69, 9.17) is 0 Å². The summed E-state index contributed by atoms with van der Waals surface area (Å²) in [5.74, 6) is 1.66. The molecule has 0 amide bonds. The van der Waals surface area contributed by atoms with E-state index >= 15 is 0 Å². The fraction of sp³-hybridized carbons (Fsp3) is 0.733. The summed E-state index contributed by atoms with van der Waals surface area (Å²) in [6.45, 7) is 12.3. The van der Waals surface area contributed by atoms with Gasteiger partial charge in [-0.2, -0.15) is 0 Å². The van der Waals surface area contributed by atoms with Crippen molar-refractivity contribution in [2.24, 2.45) is 17.3 Å². The Morgan fingerprint density at radius 3 is 1.94 bits per heavy atom. The SMILES string of the molecule is Cc1ccccc1N1C(C(C)(C)C)N2C(C=CC2(C2CCCCC2)C2CCCCC2)[C@@H]1C. The summed E-state index contributed by atoms with van der Waals surface area (Å²) in [6, 6.07) is 10.1. The van der Waals surface area contributed by atoms with E-state index in [-0.39, 0.29) is 11.0 Å². The Hall–Kier alpha value is -1.28. The fourth-order valence-corrected chi connectivity index (χ4v) is 8.18. The lowest BCUT2D eigenvalue weighted by Gasteiger charge is -2.56. The third-order valence-electron chi connectivity index (χ3n) is 9.48. The van der Waals surface area contributed by atoms with E-state index in [1.54, 1.807) is 0 Å². The molecular weight excluding hydrogens is 388 g/mol. The minimum Gasteiger partial charge on any atom is -0.350 e. The van der Waals surface area contributed by atoms with E-state index in [2.05, 4.69) is 80.8 Å². The van der Waals surface area contributed by atoms with Crippen LogP contribution in [0.15, 0.2) is 36.4 Å². The molecule has 32 heavy (non-hydrogen) atoms. The van der Waals surface area contributed by atoms with Gasteiger partial charge in [0.25, 0.3) is 0 Å².